The number of aromatic hydroxyl groups is 1. The van der Waals surface area contributed by atoms with Gasteiger partial charge in [-0.2, -0.15) is 0 Å². The monoisotopic (exact) mass is 582 g/mol. The van der Waals surface area contributed by atoms with Crippen LogP contribution in [0.15, 0.2) is 12.1 Å². The fourth-order valence-corrected chi connectivity index (χ4v) is 5.79. The number of unbranched alkanes of at least 4 members (excludes halogenated alkanes) is 2. The molecule has 1 aromatic rings. The van der Waals surface area contributed by atoms with Crippen LogP contribution in [0.3, 0.4) is 0 Å². The van der Waals surface area contributed by atoms with Crippen LogP contribution in [-0.2, 0) is 36.0 Å². The minimum Gasteiger partial charge on any atom is -0.507 e. The normalized spacial score (nSPS) is 13.2. The average molecular weight is 583 g/mol. The van der Waals surface area contributed by atoms with Gasteiger partial charge in [0.25, 0.3) is 0 Å². The number of rotatable bonds is 20. The minimum atomic E-state index is -0.198. The van der Waals surface area contributed by atoms with E-state index in [-0.39, 0.29) is 34.6 Å². The lowest BCUT2D eigenvalue weighted by Gasteiger charge is -2.22. The Morgan fingerprint density at radius 2 is 1.21 bits per heavy atom. The van der Waals surface area contributed by atoms with Gasteiger partial charge in [-0.05, 0) is 35.7 Å². The maximum Gasteiger partial charge on any atom is 0.315 e. The summed E-state index contributed by atoms with van der Waals surface area (Å²) in [5, 5.41) is 11.0. The van der Waals surface area contributed by atoms with Crippen LogP contribution in [0, 0.1) is 11.8 Å². The number of hydrogen-bond donors (Lipinski definition) is 1. The van der Waals surface area contributed by atoms with Crippen LogP contribution in [0.4, 0.5) is 0 Å². The topological polar surface area (TPSA) is 72.8 Å². The first kappa shape index (κ1) is 35.7. The van der Waals surface area contributed by atoms with Crippen molar-refractivity contribution in [3.8, 4) is 5.75 Å². The summed E-state index contributed by atoms with van der Waals surface area (Å²) in [6.07, 6.45) is 8.86. The highest BCUT2D eigenvalue weighted by atomic mass is 32.2. The van der Waals surface area contributed by atoms with Gasteiger partial charge in [0.2, 0.25) is 0 Å². The van der Waals surface area contributed by atoms with Gasteiger partial charge in [-0.1, -0.05) is 99.1 Å². The predicted octanol–water partition coefficient (Wildman–Crippen LogP) is 8.68. The maximum atomic E-state index is 12.3. The van der Waals surface area contributed by atoms with E-state index in [4.69, 9.17) is 9.47 Å². The number of carbonyl (C=O) groups is 2. The number of benzene rings is 1. The largest absolute Gasteiger partial charge is 0.507 e. The number of phenolic OH excluding ortho intramolecular Hbond substituents is 1. The van der Waals surface area contributed by atoms with E-state index in [0.29, 0.717) is 36.6 Å². The molecule has 0 bridgehead atoms. The van der Waals surface area contributed by atoms with Gasteiger partial charge in [-0.3, -0.25) is 9.59 Å². The highest BCUT2D eigenvalue weighted by Crippen LogP contribution is 2.35. The van der Waals surface area contributed by atoms with Crippen molar-refractivity contribution in [3.63, 3.8) is 0 Å². The van der Waals surface area contributed by atoms with Gasteiger partial charge in [0.1, 0.15) is 5.75 Å². The molecule has 0 heterocycles. The number of ether oxygens (including phenoxy) is 2. The van der Waals surface area contributed by atoms with Crippen LogP contribution in [-0.4, -0.2) is 41.8 Å². The summed E-state index contributed by atoms with van der Waals surface area (Å²) in [5.74, 6) is 2.27. The zero-order chi connectivity index (χ0) is 29.3. The summed E-state index contributed by atoms with van der Waals surface area (Å²) >= 11 is 2.93. The quantitative estimate of drug-likeness (QED) is 0.154. The summed E-state index contributed by atoms with van der Waals surface area (Å²) in [7, 11) is 0. The molecule has 1 aromatic carbocycles. The molecule has 0 saturated carbocycles. The molecule has 0 aliphatic carbocycles. The molecule has 0 spiro atoms. The molecule has 7 heteroatoms. The first-order chi connectivity index (χ1) is 18.5. The second-order valence-corrected chi connectivity index (χ2v) is 13.5. The van der Waals surface area contributed by atoms with Gasteiger partial charge in [-0.15, -0.1) is 23.5 Å². The molecule has 2 unspecified atom stereocenters. The fourth-order valence-electron chi connectivity index (χ4n) is 4.20. The van der Waals surface area contributed by atoms with E-state index in [2.05, 4.69) is 48.5 Å². The Morgan fingerprint density at radius 3 is 1.54 bits per heavy atom. The van der Waals surface area contributed by atoms with Crippen LogP contribution in [0.2, 0.25) is 0 Å². The van der Waals surface area contributed by atoms with E-state index in [1.165, 1.54) is 23.5 Å². The summed E-state index contributed by atoms with van der Waals surface area (Å²) in [6, 6.07) is 4.07. The number of thioether (sulfide) groups is 2. The molecule has 0 aliphatic rings. The van der Waals surface area contributed by atoms with Crippen molar-refractivity contribution < 1.29 is 24.2 Å². The third kappa shape index (κ3) is 14.7. The Labute approximate surface area is 247 Å². The van der Waals surface area contributed by atoms with Crippen molar-refractivity contribution in [2.45, 2.75) is 117 Å². The summed E-state index contributed by atoms with van der Waals surface area (Å²) in [6.45, 7) is 16.1. The molecule has 0 fully saturated rings. The summed E-state index contributed by atoms with van der Waals surface area (Å²) in [4.78, 5) is 24.6. The Bertz CT molecular complexity index is 790. The van der Waals surface area contributed by atoms with Crippen molar-refractivity contribution >= 4 is 35.5 Å². The SMILES string of the molecule is CCCCC(CC)COC(=O)CSCc1cc(C(C)(C)C)cc(CSCC(=O)OCC(CC)CCCC)c1O. The Kier molecular flexibility index (Phi) is 18.0. The van der Waals surface area contributed by atoms with Crippen molar-refractivity contribution in [2.24, 2.45) is 11.8 Å². The van der Waals surface area contributed by atoms with Crippen LogP contribution in [0.25, 0.3) is 0 Å². The number of hydrogen-bond acceptors (Lipinski definition) is 7. The zero-order valence-electron chi connectivity index (χ0n) is 25.6. The van der Waals surface area contributed by atoms with Crippen molar-refractivity contribution in [1.82, 2.24) is 0 Å². The lowest BCUT2D eigenvalue weighted by atomic mass is 9.85. The Hall–Kier alpha value is -1.34. The standard InChI is InChI=1S/C32H54O5S2/c1-8-12-14-24(10-3)18-36-29(33)22-38-20-26-16-28(32(5,6)7)17-27(31(26)35)21-39-23-30(34)37-19-25(11-4)15-13-9-2/h16-17,24-25,35H,8-15,18-23H2,1-7H3. The van der Waals surface area contributed by atoms with Crippen LogP contribution >= 0.6 is 23.5 Å². The van der Waals surface area contributed by atoms with Gasteiger partial charge in [0.05, 0.1) is 24.7 Å². The molecule has 0 saturated heterocycles. The van der Waals surface area contributed by atoms with Gasteiger partial charge < -0.3 is 14.6 Å². The molecule has 0 aliphatic heterocycles. The smallest absolute Gasteiger partial charge is 0.315 e. The Morgan fingerprint density at radius 1 is 0.795 bits per heavy atom. The molecule has 2 atom stereocenters. The number of esters is 2. The maximum absolute atomic E-state index is 12.3. The average Bonchev–Trinajstić information content (AvgIpc) is 2.90. The molecule has 0 amide bonds. The fraction of sp³-hybridized carbons (Fsp3) is 0.750. The summed E-state index contributed by atoms with van der Waals surface area (Å²) < 4.78 is 11.1. The van der Waals surface area contributed by atoms with Crippen LogP contribution in [0.5, 0.6) is 5.75 Å². The van der Waals surface area contributed by atoms with E-state index in [0.717, 1.165) is 68.1 Å². The second-order valence-electron chi connectivity index (χ2n) is 11.6. The van der Waals surface area contributed by atoms with E-state index in [1.54, 1.807) is 0 Å². The predicted molar refractivity (Wildman–Crippen MR) is 168 cm³/mol. The molecular formula is C32H54O5S2. The van der Waals surface area contributed by atoms with E-state index in [9.17, 15) is 14.7 Å². The highest BCUT2D eigenvalue weighted by molar-refractivity contribution is 7.99. The van der Waals surface area contributed by atoms with Crippen molar-refractivity contribution in [3.05, 3.63) is 28.8 Å². The van der Waals surface area contributed by atoms with E-state index >= 15 is 0 Å². The van der Waals surface area contributed by atoms with Crippen molar-refractivity contribution in [2.75, 3.05) is 24.7 Å². The Balaban J connectivity index is 2.68. The molecule has 0 aromatic heterocycles. The molecule has 224 valence electrons. The molecule has 39 heavy (non-hydrogen) atoms. The van der Waals surface area contributed by atoms with Gasteiger partial charge >= 0.3 is 11.9 Å². The third-order valence-electron chi connectivity index (χ3n) is 7.14. The molecule has 5 nitrogen and oxygen atoms in total. The summed E-state index contributed by atoms with van der Waals surface area (Å²) in [5.41, 5.74) is 2.66. The minimum absolute atomic E-state index is 0.0916. The molecular weight excluding hydrogens is 528 g/mol. The highest BCUT2D eigenvalue weighted by Gasteiger charge is 2.20. The third-order valence-corrected chi connectivity index (χ3v) is 9.05. The van der Waals surface area contributed by atoms with Gasteiger partial charge in [-0.25, -0.2) is 0 Å². The number of carbonyl (C=O) groups excluding carboxylic acids is 2. The van der Waals surface area contributed by atoms with Crippen LogP contribution in [0.1, 0.15) is 117 Å². The number of phenols is 1. The van der Waals surface area contributed by atoms with Crippen molar-refractivity contribution in [1.29, 1.82) is 0 Å². The van der Waals surface area contributed by atoms with Gasteiger partial charge in [0, 0.05) is 22.6 Å². The zero-order valence-corrected chi connectivity index (χ0v) is 27.2. The lowest BCUT2D eigenvalue weighted by Crippen LogP contribution is -2.16. The lowest BCUT2D eigenvalue weighted by molar-refractivity contribution is -0.142. The first-order valence-electron chi connectivity index (χ1n) is 14.9. The van der Waals surface area contributed by atoms with Crippen LogP contribution < -0.4 is 0 Å². The molecule has 0 radical (unpaired) electrons. The first-order valence-corrected chi connectivity index (χ1v) is 17.2. The van der Waals surface area contributed by atoms with E-state index < -0.39 is 0 Å². The molecule has 1 rings (SSSR count). The van der Waals surface area contributed by atoms with E-state index in [1.807, 2.05) is 12.1 Å². The second kappa shape index (κ2) is 19.7. The van der Waals surface area contributed by atoms with Gasteiger partial charge in [0.15, 0.2) is 0 Å². The molecule has 1 N–H and O–H groups in total.